The fraction of sp³-hybridized carbons (Fsp3) is 0.125. The predicted molar refractivity (Wildman–Crippen MR) is 160 cm³/mol. The highest BCUT2D eigenvalue weighted by molar-refractivity contribution is 6.13. The van der Waals surface area contributed by atoms with Crippen LogP contribution in [0.25, 0.3) is 10.9 Å². The van der Waals surface area contributed by atoms with Crippen LogP contribution in [-0.4, -0.2) is 34.0 Å². The van der Waals surface area contributed by atoms with Crippen LogP contribution in [0.2, 0.25) is 0 Å². The molecule has 0 aliphatic heterocycles. The Morgan fingerprint density at radius 2 is 1.70 bits per heavy atom. The highest BCUT2D eigenvalue weighted by atomic mass is 19.4. The molecule has 1 aromatic heterocycles. The number of nitrogens with one attached hydrogen (secondary N) is 3. The maximum atomic E-state index is 13.4. The maximum absolute atomic E-state index is 13.4. The zero-order valence-corrected chi connectivity index (χ0v) is 23.5. The Bertz CT molecular complexity index is 1880. The van der Waals surface area contributed by atoms with Gasteiger partial charge in [0.05, 0.1) is 23.8 Å². The van der Waals surface area contributed by atoms with Gasteiger partial charge in [-0.1, -0.05) is 18.2 Å². The first kappa shape index (κ1) is 29.8. The standard InChI is InChI=1S/C32H26F3N5O4/c1-18-9-11-22(39-30(42)19-5-3-6-21(13-19)32(33,34)35)14-26(18)40-31(43)25-8-4-7-24-28(25)37-17-38-29(24)36-16-20-10-12-23(41)15-27(20)44-2/h3-15,17,41H,16H2,1-2H3,(H,39,42)(H,40,43)(H,36,37,38). The zero-order chi connectivity index (χ0) is 31.4. The first-order valence-corrected chi connectivity index (χ1v) is 13.3. The van der Waals surface area contributed by atoms with Gasteiger partial charge in [-0.25, -0.2) is 9.97 Å². The van der Waals surface area contributed by atoms with Crippen LogP contribution >= 0.6 is 0 Å². The number of phenols is 1. The van der Waals surface area contributed by atoms with Gasteiger partial charge in [0.2, 0.25) is 0 Å². The fourth-order valence-electron chi connectivity index (χ4n) is 4.53. The second-order valence-corrected chi connectivity index (χ2v) is 9.79. The van der Waals surface area contributed by atoms with Gasteiger partial charge in [0, 0.05) is 40.5 Å². The van der Waals surface area contributed by atoms with Crippen molar-refractivity contribution in [2.45, 2.75) is 19.6 Å². The van der Waals surface area contributed by atoms with E-state index < -0.39 is 23.6 Å². The summed E-state index contributed by atoms with van der Waals surface area (Å²) < 4.78 is 44.6. The van der Waals surface area contributed by atoms with Gasteiger partial charge in [0.15, 0.2) is 0 Å². The van der Waals surface area contributed by atoms with Crippen LogP contribution in [0.3, 0.4) is 0 Å². The SMILES string of the molecule is COc1cc(O)ccc1CNc1ncnc2c(C(=O)Nc3cc(NC(=O)c4cccc(C(F)(F)F)c4)ccc3C)cccc12. The molecule has 1 heterocycles. The van der Waals surface area contributed by atoms with Crippen LogP contribution in [0.4, 0.5) is 30.4 Å². The number of anilines is 3. The number of benzene rings is 4. The smallest absolute Gasteiger partial charge is 0.416 e. The summed E-state index contributed by atoms with van der Waals surface area (Å²) in [5.74, 6) is -0.139. The third-order valence-electron chi connectivity index (χ3n) is 6.82. The lowest BCUT2D eigenvalue weighted by atomic mass is 10.1. The molecule has 2 amide bonds. The van der Waals surface area contributed by atoms with Crippen molar-refractivity contribution in [2.75, 3.05) is 23.1 Å². The molecule has 5 aromatic rings. The van der Waals surface area contributed by atoms with E-state index >= 15 is 0 Å². The Labute approximate surface area is 249 Å². The largest absolute Gasteiger partial charge is 0.508 e. The Morgan fingerprint density at radius 1 is 0.909 bits per heavy atom. The monoisotopic (exact) mass is 601 g/mol. The van der Waals surface area contributed by atoms with Crippen molar-refractivity contribution in [3.63, 3.8) is 0 Å². The topological polar surface area (TPSA) is 125 Å². The van der Waals surface area contributed by atoms with Crippen molar-refractivity contribution in [3.05, 3.63) is 113 Å². The Balaban J connectivity index is 1.35. The molecule has 4 aromatic carbocycles. The van der Waals surface area contributed by atoms with Gasteiger partial charge >= 0.3 is 6.18 Å². The summed E-state index contributed by atoms with van der Waals surface area (Å²) in [6.45, 7) is 2.09. The average Bonchev–Trinajstić information content (AvgIpc) is 3.01. The number of para-hydroxylation sites is 1. The summed E-state index contributed by atoms with van der Waals surface area (Å²) in [5.41, 5.74) is 1.72. The molecule has 0 radical (unpaired) electrons. The Morgan fingerprint density at radius 3 is 2.48 bits per heavy atom. The molecule has 0 spiro atoms. The number of methoxy groups -OCH3 is 1. The minimum absolute atomic E-state index is 0.0765. The summed E-state index contributed by atoms with van der Waals surface area (Å²) in [6.07, 6.45) is -3.24. The van der Waals surface area contributed by atoms with Gasteiger partial charge in [0.25, 0.3) is 11.8 Å². The number of aromatic nitrogens is 2. The third kappa shape index (κ3) is 6.54. The van der Waals surface area contributed by atoms with Crippen molar-refractivity contribution in [2.24, 2.45) is 0 Å². The van der Waals surface area contributed by atoms with E-state index in [2.05, 4.69) is 25.9 Å². The number of nitrogens with zero attached hydrogens (tertiary/aromatic N) is 2. The fourth-order valence-corrected chi connectivity index (χ4v) is 4.53. The number of hydrogen-bond acceptors (Lipinski definition) is 7. The molecule has 44 heavy (non-hydrogen) atoms. The lowest BCUT2D eigenvalue weighted by molar-refractivity contribution is -0.137. The van der Waals surface area contributed by atoms with Gasteiger partial charge in [-0.15, -0.1) is 0 Å². The van der Waals surface area contributed by atoms with E-state index in [1.54, 1.807) is 49.4 Å². The van der Waals surface area contributed by atoms with E-state index in [9.17, 15) is 27.9 Å². The molecule has 12 heteroatoms. The lowest BCUT2D eigenvalue weighted by Gasteiger charge is -2.14. The maximum Gasteiger partial charge on any atom is 0.416 e. The Kier molecular flexibility index (Phi) is 8.34. The first-order valence-electron chi connectivity index (χ1n) is 13.3. The molecular formula is C32H26F3N5O4. The number of aromatic hydroxyl groups is 1. The van der Waals surface area contributed by atoms with Crippen LogP contribution in [0, 0.1) is 6.92 Å². The summed E-state index contributed by atoms with van der Waals surface area (Å²) >= 11 is 0. The van der Waals surface area contributed by atoms with Crippen LogP contribution in [0.15, 0.2) is 85.2 Å². The normalized spacial score (nSPS) is 11.2. The first-order chi connectivity index (χ1) is 21.0. The van der Waals surface area contributed by atoms with Crippen LogP contribution < -0.4 is 20.7 Å². The quantitative estimate of drug-likeness (QED) is 0.154. The molecular weight excluding hydrogens is 575 g/mol. The van der Waals surface area contributed by atoms with E-state index in [1.165, 1.54) is 31.6 Å². The number of ether oxygens (including phenoxy) is 1. The number of phenolic OH excluding ortho intramolecular Hbond substituents is 1. The van der Waals surface area contributed by atoms with Gasteiger partial charge in [-0.05, 0) is 67.1 Å². The second-order valence-electron chi connectivity index (χ2n) is 9.79. The number of hydrogen-bond donors (Lipinski definition) is 4. The summed E-state index contributed by atoms with van der Waals surface area (Å²) in [5, 5.41) is 19.0. The molecule has 4 N–H and O–H groups in total. The van der Waals surface area contributed by atoms with Gasteiger partial charge < -0.3 is 25.8 Å². The minimum atomic E-state index is -4.58. The van der Waals surface area contributed by atoms with Gasteiger partial charge in [-0.3, -0.25) is 9.59 Å². The molecule has 5 rings (SSSR count). The number of carbonyl (C=O) groups excluding carboxylic acids is 2. The second kappa shape index (κ2) is 12.3. The zero-order valence-electron chi connectivity index (χ0n) is 23.5. The molecule has 9 nitrogen and oxygen atoms in total. The molecule has 0 fully saturated rings. The summed E-state index contributed by atoms with van der Waals surface area (Å²) in [4.78, 5) is 34.8. The van der Waals surface area contributed by atoms with E-state index in [-0.39, 0.29) is 22.6 Å². The molecule has 0 unspecified atom stereocenters. The van der Waals surface area contributed by atoms with Crippen molar-refractivity contribution in [1.29, 1.82) is 0 Å². The molecule has 0 aliphatic rings. The van der Waals surface area contributed by atoms with E-state index in [4.69, 9.17) is 4.74 Å². The molecule has 0 bridgehead atoms. The van der Waals surface area contributed by atoms with E-state index in [0.717, 1.165) is 23.8 Å². The van der Waals surface area contributed by atoms with Crippen LogP contribution in [0.1, 0.15) is 37.4 Å². The number of fused-ring (bicyclic) bond motifs is 1. The van der Waals surface area contributed by atoms with Crippen LogP contribution in [0.5, 0.6) is 11.5 Å². The molecule has 0 atom stereocenters. The van der Waals surface area contributed by atoms with Crippen molar-refractivity contribution >= 4 is 39.9 Å². The minimum Gasteiger partial charge on any atom is -0.508 e. The van der Waals surface area contributed by atoms with Crippen molar-refractivity contribution in [1.82, 2.24) is 9.97 Å². The van der Waals surface area contributed by atoms with Crippen molar-refractivity contribution < 1.29 is 32.6 Å². The van der Waals surface area contributed by atoms with Gasteiger partial charge in [-0.2, -0.15) is 13.2 Å². The van der Waals surface area contributed by atoms with Crippen LogP contribution in [-0.2, 0) is 12.7 Å². The number of halogens is 3. The van der Waals surface area contributed by atoms with Gasteiger partial charge in [0.1, 0.15) is 23.6 Å². The number of aryl methyl sites for hydroxylation is 1. The highest BCUT2D eigenvalue weighted by Gasteiger charge is 2.31. The van der Waals surface area contributed by atoms with E-state index in [1.807, 2.05) is 0 Å². The number of carbonyl (C=O) groups is 2. The highest BCUT2D eigenvalue weighted by Crippen LogP contribution is 2.31. The summed E-state index contributed by atoms with van der Waals surface area (Å²) in [7, 11) is 1.50. The molecule has 0 saturated heterocycles. The average molecular weight is 602 g/mol. The van der Waals surface area contributed by atoms with E-state index in [0.29, 0.717) is 40.3 Å². The third-order valence-corrected chi connectivity index (χ3v) is 6.82. The van der Waals surface area contributed by atoms with Crippen molar-refractivity contribution in [3.8, 4) is 11.5 Å². The molecule has 0 aliphatic carbocycles. The number of amides is 2. The lowest BCUT2D eigenvalue weighted by Crippen LogP contribution is -2.16. The number of rotatable bonds is 8. The molecule has 224 valence electrons. The molecule has 0 saturated carbocycles. The summed E-state index contributed by atoms with van der Waals surface area (Å²) in [6, 6.07) is 18.8. The predicted octanol–water partition coefficient (Wildman–Crippen LogP) is 6.79. The number of alkyl halides is 3. The Hall–Kier alpha value is -5.65.